The quantitative estimate of drug-likeness (QED) is 0.775. The number of aryl methyl sites for hydroxylation is 3. The molecule has 2 aromatic rings. The molecule has 0 aliphatic carbocycles. The fraction of sp³-hybridized carbons (Fsp3) is 0.412. The maximum Gasteiger partial charge on any atom is 0.292 e. The molecule has 0 saturated heterocycles. The number of aromatic nitrogens is 2. The predicted octanol–water partition coefficient (Wildman–Crippen LogP) is 2.83. The van der Waals surface area contributed by atoms with Crippen molar-refractivity contribution >= 4 is 11.6 Å². The van der Waals surface area contributed by atoms with Crippen LogP contribution in [0, 0.1) is 13.8 Å². The van der Waals surface area contributed by atoms with E-state index in [4.69, 9.17) is 0 Å². The summed E-state index contributed by atoms with van der Waals surface area (Å²) in [5, 5.41) is 3.03. The van der Waals surface area contributed by atoms with Crippen LogP contribution in [0.4, 0.5) is 5.69 Å². The second-order valence-electron chi connectivity index (χ2n) is 5.42. The molecule has 1 heterocycles. The van der Waals surface area contributed by atoms with Crippen LogP contribution in [-0.4, -0.2) is 10.6 Å². The van der Waals surface area contributed by atoms with Crippen molar-refractivity contribution in [2.45, 2.75) is 46.7 Å². The van der Waals surface area contributed by atoms with E-state index in [1.54, 1.807) is 0 Å². The fourth-order valence-electron chi connectivity index (χ4n) is 2.41. The molecule has 1 aromatic heterocycles. The number of unbranched alkanes of at least 4 members (excludes halogenated alkanes) is 1. The third-order valence-electron chi connectivity index (χ3n) is 3.64. The van der Waals surface area contributed by atoms with Crippen molar-refractivity contribution in [1.82, 2.24) is 4.68 Å². The van der Waals surface area contributed by atoms with Gasteiger partial charge < -0.3 is 5.32 Å². The van der Waals surface area contributed by atoms with Gasteiger partial charge in [-0.25, -0.2) is 0 Å². The van der Waals surface area contributed by atoms with Gasteiger partial charge in [-0.3, -0.25) is 4.79 Å². The summed E-state index contributed by atoms with van der Waals surface area (Å²) in [6.07, 6.45) is 6.22. The van der Waals surface area contributed by atoms with Gasteiger partial charge in [-0.05, 0) is 31.4 Å². The van der Waals surface area contributed by atoms with E-state index >= 15 is 0 Å². The summed E-state index contributed by atoms with van der Waals surface area (Å²) in [6.45, 7) is 7.48. The van der Waals surface area contributed by atoms with E-state index in [0.717, 1.165) is 36.2 Å². The Morgan fingerprint density at radius 2 is 1.91 bits per heavy atom. The third kappa shape index (κ3) is 5.03. The number of nitrogens with one attached hydrogen (secondary N) is 1. The summed E-state index contributed by atoms with van der Waals surface area (Å²) in [5.41, 5.74) is 3.11. The molecule has 0 atom stereocenters. The Bertz CT molecular complexity index is 602. The van der Waals surface area contributed by atoms with Gasteiger partial charge >= 0.3 is 0 Å². The van der Waals surface area contributed by atoms with Gasteiger partial charge in [-0.2, -0.15) is 4.68 Å². The van der Waals surface area contributed by atoms with Gasteiger partial charge in [-0.15, -0.1) is 4.68 Å². The maximum atomic E-state index is 12.3. The number of rotatable bonds is 6. The first-order valence-electron chi connectivity index (χ1n) is 7.52. The summed E-state index contributed by atoms with van der Waals surface area (Å²) in [5.74, 6) is 0.00819. The molecule has 1 N–H and O–H groups in total. The summed E-state index contributed by atoms with van der Waals surface area (Å²) in [4.78, 5) is 12.3. The molecular formula is C17H24N3OY+. The maximum absolute atomic E-state index is 12.3. The Morgan fingerprint density at radius 1 is 1.23 bits per heavy atom. The summed E-state index contributed by atoms with van der Waals surface area (Å²) < 4.78 is 4.05. The number of nitrogens with zero attached hydrogens (tertiary/aromatic N) is 2. The van der Waals surface area contributed by atoms with Crippen molar-refractivity contribution in [2.75, 3.05) is 5.32 Å². The Kier molecular flexibility index (Phi) is 7.98. The summed E-state index contributed by atoms with van der Waals surface area (Å²) in [7, 11) is 0. The molecule has 5 heteroatoms. The van der Waals surface area contributed by atoms with Crippen molar-refractivity contribution in [3.63, 3.8) is 0 Å². The Balaban J connectivity index is 0.00000242. The van der Waals surface area contributed by atoms with Gasteiger partial charge in [0.2, 0.25) is 6.54 Å². The minimum Gasteiger partial charge on any atom is -0.320 e. The normalized spacial score (nSPS) is 10.1. The molecule has 0 bridgehead atoms. The van der Waals surface area contributed by atoms with Gasteiger partial charge in [0.25, 0.3) is 5.91 Å². The monoisotopic (exact) mass is 375 g/mol. The zero-order valence-corrected chi connectivity index (χ0v) is 16.5. The molecule has 115 valence electrons. The van der Waals surface area contributed by atoms with Crippen LogP contribution >= 0.6 is 0 Å². The second-order valence-corrected chi connectivity index (χ2v) is 5.42. The van der Waals surface area contributed by atoms with Crippen LogP contribution < -0.4 is 10.00 Å². The number of hydrogen-bond donors (Lipinski definition) is 1. The Hall–Kier alpha value is -0.996. The van der Waals surface area contributed by atoms with Gasteiger partial charge in [0.15, 0.2) is 6.20 Å². The van der Waals surface area contributed by atoms with Gasteiger partial charge in [-0.1, -0.05) is 31.5 Å². The second kappa shape index (κ2) is 9.21. The van der Waals surface area contributed by atoms with E-state index in [1.165, 1.54) is 0 Å². The van der Waals surface area contributed by atoms with E-state index in [-0.39, 0.29) is 38.6 Å². The zero-order valence-electron chi connectivity index (χ0n) is 13.7. The average Bonchev–Trinajstić information content (AvgIpc) is 2.88. The predicted molar refractivity (Wildman–Crippen MR) is 84.1 cm³/mol. The molecule has 2 rings (SSSR count). The van der Waals surface area contributed by atoms with Crippen LogP contribution in [0.2, 0.25) is 0 Å². The average molecular weight is 375 g/mol. The summed E-state index contributed by atoms with van der Waals surface area (Å²) in [6, 6.07) is 8.01. The zero-order chi connectivity index (χ0) is 15.2. The largest absolute Gasteiger partial charge is 0.320 e. The first-order chi connectivity index (χ1) is 10.1. The summed E-state index contributed by atoms with van der Waals surface area (Å²) >= 11 is 0. The molecule has 4 nitrogen and oxygen atoms in total. The van der Waals surface area contributed by atoms with Gasteiger partial charge in [0.1, 0.15) is 0 Å². The van der Waals surface area contributed by atoms with Crippen LogP contribution in [-0.2, 0) is 50.6 Å². The number of hydrogen-bond acceptors (Lipinski definition) is 1. The first-order valence-corrected chi connectivity index (χ1v) is 7.52. The molecule has 1 amide bonds. The molecule has 0 aliphatic rings. The van der Waals surface area contributed by atoms with Crippen molar-refractivity contribution in [3.05, 3.63) is 47.8 Å². The molecular weight excluding hydrogens is 351 g/mol. The van der Waals surface area contributed by atoms with E-state index < -0.39 is 0 Å². The van der Waals surface area contributed by atoms with Crippen LogP contribution in [0.1, 0.15) is 30.9 Å². The standard InChI is InChI=1S/C17H23N3O.Y/c1-4-5-10-19-11-7-12-20(19)13-16(21)18-17-14(2)8-6-9-15(17)3;/h6-9,11-12H,4-5,10,13H2,1-3H3;/p+1. The van der Waals surface area contributed by atoms with Crippen LogP contribution in [0.5, 0.6) is 0 Å². The topological polar surface area (TPSA) is 37.9 Å². The molecule has 0 aliphatic heterocycles. The Labute approximate surface area is 157 Å². The molecule has 0 spiro atoms. The van der Waals surface area contributed by atoms with Crippen LogP contribution in [0.3, 0.4) is 0 Å². The van der Waals surface area contributed by atoms with Gasteiger partial charge in [0.05, 0.1) is 12.7 Å². The molecule has 1 aromatic carbocycles. The minimum atomic E-state index is 0. The van der Waals surface area contributed by atoms with E-state index in [1.807, 2.05) is 55.2 Å². The molecule has 22 heavy (non-hydrogen) atoms. The fourth-order valence-corrected chi connectivity index (χ4v) is 2.41. The number of carbonyl (C=O) groups excluding carboxylic acids is 1. The minimum absolute atomic E-state index is 0. The van der Waals surface area contributed by atoms with Gasteiger partial charge in [0, 0.05) is 44.5 Å². The number of amides is 1. The molecule has 1 radical (unpaired) electrons. The third-order valence-corrected chi connectivity index (χ3v) is 3.64. The molecule has 0 fully saturated rings. The molecule has 0 saturated carbocycles. The number of benzene rings is 1. The van der Waals surface area contributed by atoms with Crippen molar-refractivity contribution < 1.29 is 42.2 Å². The Morgan fingerprint density at radius 3 is 2.55 bits per heavy atom. The van der Waals surface area contributed by atoms with Crippen LogP contribution in [0.15, 0.2) is 36.7 Å². The van der Waals surface area contributed by atoms with Crippen molar-refractivity contribution in [3.8, 4) is 0 Å². The number of carbonyl (C=O) groups is 1. The van der Waals surface area contributed by atoms with E-state index in [0.29, 0.717) is 6.54 Å². The number of para-hydroxylation sites is 1. The SMILES string of the molecule is CCCCn1ccc[n+]1CC(=O)Nc1c(C)cccc1C.[Y]. The van der Waals surface area contributed by atoms with E-state index in [2.05, 4.69) is 16.9 Å². The van der Waals surface area contributed by atoms with Crippen molar-refractivity contribution in [2.24, 2.45) is 0 Å². The van der Waals surface area contributed by atoms with Crippen LogP contribution in [0.25, 0.3) is 0 Å². The molecule has 0 unspecified atom stereocenters. The number of anilines is 1. The first kappa shape index (κ1) is 19.1. The smallest absolute Gasteiger partial charge is 0.292 e. The van der Waals surface area contributed by atoms with E-state index in [9.17, 15) is 4.79 Å². The van der Waals surface area contributed by atoms with Crippen molar-refractivity contribution in [1.29, 1.82) is 0 Å².